The number of hydrogen-bond donors (Lipinski definition) is 2. The van der Waals surface area contributed by atoms with E-state index in [0.29, 0.717) is 34.5 Å². The van der Waals surface area contributed by atoms with Gasteiger partial charge in [0.05, 0.1) is 23.4 Å². The molecule has 0 radical (unpaired) electrons. The maximum atomic E-state index is 12.5. The van der Waals surface area contributed by atoms with Crippen molar-refractivity contribution in [2.75, 3.05) is 19.4 Å². The van der Waals surface area contributed by atoms with Crippen LogP contribution in [0.15, 0.2) is 36.7 Å². The van der Waals surface area contributed by atoms with Gasteiger partial charge in [-0.3, -0.25) is 9.78 Å². The SMILES string of the molecule is COc1cc(N)c(Cl)cc1C(=O)NCC(c1cccnc1)C(C)C.Cl.Cl. The fourth-order valence-corrected chi connectivity index (χ4v) is 2.71. The zero-order valence-corrected chi connectivity index (χ0v) is 17.3. The van der Waals surface area contributed by atoms with E-state index < -0.39 is 0 Å². The lowest BCUT2D eigenvalue weighted by Gasteiger charge is -2.22. The Morgan fingerprint density at radius 3 is 2.58 bits per heavy atom. The molecule has 0 aliphatic rings. The van der Waals surface area contributed by atoms with Gasteiger partial charge in [-0.2, -0.15) is 0 Å². The monoisotopic (exact) mass is 419 g/mol. The summed E-state index contributed by atoms with van der Waals surface area (Å²) in [6.45, 7) is 4.72. The molecule has 0 fully saturated rings. The summed E-state index contributed by atoms with van der Waals surface area (Å²) < 4.78 is 5.23. The van der Waals surface area contributed by atoms with E-state index in [-0.39, 0.29) is 36.6 Å². The number of carbonyl (C=O) groups excluding carboxylic acids is 1. The topological polar surface area (TPSA) is 77.2 Å². The van der Waals surface area contributed by atoms with E-state index in [4.69, 9.17) is 22.1 Å². The van der Waals surface area contributed by atoms with Crippen LogP contribution in [0.4, 0.5) is 5.69 Å². The number of anilines is 1. The Balaban J connectivity index is 0.00000312. The Hall–Kier alpha value is -1.69. The summed E-state index contributed by atoms with van der Waals surface area (Å²) >= 11 is 6.03. The fraction of sp³-hybridized carbons (Fsp3) is 0.333. The summed E-state index contributed by atoms with van der Waals surface area (Å²) in [7, 11) is 1.49. The number of benzene rings is 1. The van der Waals surface area contributed by atoms with Crippen molar-refractivity contribution in [2.24, 2.45) is 5.92 Å². The van der Waals surface area contributed by atoms with E-state index in [9.17, 15) is 4.79 Å². The van der Waals surface area contributed by atoms with Crippen LogP contribution in [0.1, 0.15) is 35.7 Å². The second-order valence-corrected chi connectivity index (χ2v) is 6.33. The molecule has 144 valence electrons. The highest BCUT2D eigenvalue weighted by Crippen LogP contribution is 2.29. The fourth-order valence-electron chi connectivity index (χ4n) is 2.55. The minimum Gasteiger partial charge on any atom is -0.496 e. The van der Waals surface area contributed by atoms with Gasteiger partial charge in [-0.25, -0.2) is 0 Å². The van der Waals surface area contributed by atoms with Crippen molar-refractivity contribution < 1.29 is 9.53 Å². The molecule has 0 aliphatic heterocycles. The minimum atomic E-state index is -0.247. The minimum absolute atomic E-state index is 0. The van der Waals surface area contributed by atoms with Crippen LogP contribution in [0.5, 0.6) is 5.75 Å². The van der Waals surface area contributed by atoms with Crippen LogP contribution in [0.25, 0.3) is 0 Å². The molecule has 26 heavy (non-hydrogen) atoms. The van der Waals surface area contributed by atoms with E-state index in [1.807, 2.05) is 18.3 Å². The molecule has 3 N–H and O–H groups in total. The van der Waals surface area contributed by atoms with Gasteiger partial charge in [0, 0.05) is 30.9 Å². The maximum absolute atomic E-state index is 12.5. The first kappa shape index (κ1) is 24.3. The number of aromatic nitrogens is 1. The number of nitrogens with one attached hydrogen (secondary N) is 1. The van der Waals surface area contributed by atoms with E-state index in [1.165, 1.54) is 13.2 Å². The Kier molecular flexibility index (Phi) is 10.4. The zero-order chi connectivity index (χ0) is 17.7. The predicted molar refractivity (Wildman–Crippen MR) is 111 cm³/mol. The summed E-state index contributed by atoms with van der Waals surface area (Å²) in [6.07, 6.45) is 3.57. The van der Waals surface area contributed by atoms with Gasteiger partial charge in [-0.05, 0) is 23.6 Å². The number of methoxy groups -OCH3 is 1. The van der Waals surface area contributed by atoms with Gasteiger partial charge in [0.25, 0.3) is 5.91 Å². The first-order chi connectivity index (χ1) is 11.4. The van der Waals surface area contributed by atoms with Crippen LogP contribution >= 0.6 is 36.4 Å². The zero-order valence-electron chi connectivity index (χ0n) is 14.9. The lowest BCUT2D eigenvalue weighted by Crippen LogP contribution is -2.30. The van der Waals surface area contributed by atoms with Crippen LogP contribution in [-0.4, -0.2) is 24.5 Å². The highest BCUT2D eigenvalue weighted by atomic mass is 35.5. The number of halogens is 3. The van der Waals surface area contributed by atoms with Crippen molar-refractivity contribution in [3.8, 4) is 5.75 Å². The average molecular weight is 421 g/mol. The maximum Gasteiger partial charge on any atom is 0.255 e. The van der Waals surface area contributed by atoms with Crippen LogP contribution in [0.3, 0.4) is 0 Å². The Labute approximate surface area is 171 Å². The summed E-state index contributed by atoms with van der Waals surface area (Å²) in [5.41, 5.74) is 7.59. The molecule has 5 nitrogen and oxygen atoms in total. The molecule has 0 aliphatic carbocycles. The second-order valence-electron chi connectivity index (χ2n) is 5.92. The van der Waals surface area contributed by atoms with Gasteiger partial charge < -0.3 is 15.8 Å². The smallest absolute Gasteiger partial charge is 0.255 e. The number of rotatable bonds is 6. The van der Waals surface area contributed by atoms with Gasteiger partial charge in [-0.15, -0.1) is 24.8 Å². The van der Waals surface area contributed by atoms with Crippen molar-refractivity contribution in [1.82, 2.24) is 10.3 Å². The molecule has 0 saturated carbocycles. The number of nitrogens with zero attached hydrogens (tertiary/aromatic N) is 1. The van der Waals surface area contributed by atoms with Crippen LogP contribution < -0.4 is 15.8 Å². The van der Waals surface area contributed by atoms with Gasteiger partial charge in [-0.1, -0.05) is 31.5 Å². The first-order valence-corrected chi connectivity index (χ1v) is 8.13. The number of nitrogen functional groups attached to an aromatic ring is 1. The third-order valence-corrected chi connectivity index (χ3v) is 4.29. The summed E-state index contributed by atoms with van der Waals surface area (Å²) in [4.78, 5) is 16.7. The average Bonchev–Trinajstić information content (AvgIpc) is 2.57. The van der Waals surface area contributed by atoms with Crippen molar-refractivity contribution in [3.05, 3.63) is 52.8 Å². The van der Waals surface area contributed by atoms with E-state index in [2.05, 4.69) is 24.1 Å². The highest BCUT2D eigenvalue weighted by molar-refractivity contribution is 6.33. The number of carbonyl (C=O) groups is 1. The molecule has 0 spiro atoms. The van der Waals surface area contributed by atoms with Crippen molar-refractivity contribution in [2.45, 2.75) is 19.8 Å². The highest BCUT2D eigenvalue weighted by Gasteiger charge is 2.20. The molecular formula is C18H24Cl3N3O2. The standard InChI is InChI=1S/C18H22ClN3O2.2ClH/c1-11(2)14(12-5-4-6-21-9-12)10-22-18(23)13-7-15(19)16(20)8-17(13)24-3;;/h4-9,11,14H,10,20H2,1-3H3,(H,22,23);2*1H. The molecule has 1 heterocycles. The van der Waals surface area contributed by atoms with E-state index in [0.717, 1.165) is 5.56 Å². The number of hydrogen-bond acceptors (Lipinski definition) is 4. The number of amides is 1. The molecule has 1 unspecified atom stereocenters. The van der Waals surface area contributed by atoms with E-state index in [1.54, 1.807) is 12.3 Å². The summed E-state index contributed by atoms with van der Waals surface area (Å²) in [5, 5.41) is 3.28. The molecule has 1 amide bonds. The Morgan fingerprint density at radius 2 is 2.04 bits per heavy atom. The Morgan fingerprint density at radius 1 is 1.35 bits per heavy atom. The number of nitrogens with two attached hydrogens (primary N) is 1. The first-order valence-electron chi connectivity index (χ1n) is 7.75. The lowest BCUT2D eigenvalue weighted by molar-refractivity contribution is 0.0946. The molecular weight excluding hydrogens is 397 g/mol. The predicted octanol–water partition coefficient (Wildman–Crippen LogP) is 4.34. The van der Waals surface area contributed by atoms with Crippen LogP contribution in [-0.2, 0) is 0 Å². The third kappa shape index (κ3) is 5.94. The molecule has 8 heteroatoms. The largest absolute Gasteiger partial charge is 0.496 e. The van der Waals surface area contributed by atoms with Gasteiger partial charge in [0.1, 0.15) is 5.75 Å². The summed E-state index contributed by atoms with van der Waals surface area (Å²) in [5.74, 6) is 0.671. The second kappa shape index (κ2) is 11.1. The van der Waals surface area contributed by atoms with Gasteiger partial charge >= 0.3 is 0 Å². The van der Waals surface area contributed by atoms with E-state index >= 15 is 0 Å². The number of ether oxygens (including phenoxy) is 1. The van der Waals surface area contributed by atoms with Gasteiger partial charge in [0.15, 0.2) is 0 Å². The van der Waals surface area contributed by atoms with Crippen LogP contribution in [0, 0.1) is 5.92 Å². The third-order valence-electron chi connectivity index (χ3n) is 3.96. The van der Waals surface area contributed by atoms with Crippen molar-refractivity contribution in [1.29, 1.82) is 0 Å². The summed E-state index contributed by atoms with van der Waals surface area (Å²) in [6, 6.07) is 7.00. The molecule has 0 saturated heterocycles. The Bertz CT molecular complexity index is 712. The van der Waals surface area contributed by atoms with Crippen LogP contribution in [0.2, 0.25) is 5.02 Å². The molecule has 1 aromatic carbocycles. The molecule has 1 aromatic heterocycles. The lowest BCUT2D eigenvalue weighted by atomic mass is 9.89. The normalized spacial score (nSPS) is 11.1. The number of pyridine rings is 1. The molecule has 2 aromatic rings. The van der Waals surface area contributed by atoms with Gasteiger partial charge in [0.2, 0.25) is 0 Å². The van der Waals surface area contributed by atoms with Crippen molar-refractivity contribution >= 4 is 48.0 Å². The quantitative estimate of drug-likeness (QED) is 0.682. The molecule has 1 atom stereocenters. The molecule has 2 rings (SSSR count). The van der Waals surface area contributed by atoms with Crippen molar-refractivity contribution in [3.63, 3.8) is 0 Å². The molecule has 0 bridgehead atoms.